The minimum absolute atomic E-state index is 0.133. The molecule has 1 rings (SSSR count). The van der Waals surface area contributed by atoms with Gasteiger partial charge in [0.15, 0.2) is 0 Å². The standard InChI is InChI=1S/C11H14N2O2S/c1-16-7-8-3-2-4-9(5-8)11(15)13-6-10(12)14/h2-5H,6-7H2,1H3,(H2,12,14)(H,13,15). The monoisotopic (exact) mass is 238 g/mol. The molecule has 0 radical (unpaired) electrons. The number of amides is 2. The van der Waals surface area contributed by atoms with Gasteiger partial charge in [0.05, 0.1) is 6.54 Å². The first-order chi connectivity index (χ1) is 7.63. The van der Waals surface area contributed by atoms with Crippen molar-refractivity contribution in [2.75, 3.05) is 12.8 Å². The highest BCUT2D eigenvalue weighted by Gasteiger charge is 2.06. The van der Waals surface area contributed by atoms with E-state index in [1.807, 2.05) is 24.5 Å². The van der Waals surface area contributed by atoms with Crippen LogP contribution in [0.25, 0.3) is 0 Å². The molecule has 0 fully saturated rings. The van der Waals surface area contributed by atoms with E-state index in [-0.39, 0.29) is 12.5 Å². The zero-order valence-corrected chi connectivity index (χ0v) is 9.84. The molecule has 0 saturated carbocycles. The van der Waals surface area contributed by atoms with Crippen LogP contribution in [0.4, 0.5) is 0 Å². The molecule has 0 atom stereocenters. The van der Waals surface area contributed by atoms with Gasteiger partial charge in [-0.15, -0.1) is 0 Å². The van der Waals surface area contributed by atoms with Gasteiger partial charge in [-0.2, -0.15) is 11.8 Å². The van der Waals surface area contributed by atoms with Crippen LogP contribution in [-0.2, 0) is 10.5 Å². The molecule has 86 valence electrons. The van der Waals surface area contributed by atoms with Crippen molar-refractivity contribution in [1.29, 1.82) is 0 Å². The molecule has 4 nitrogen and oxygen atoms in total. The minimum Gasteiger partial charge on any atom is -0.368 e. The van der Waals surface area contributed by atoms with Crippen molar-refractivity contribution in [2.45, 2.75) is 5.75 Å². The van der Waals surface area contributed by atoms with Crippen molar-refractivity contribution in [1.82, 2.24) is 5.32 Å². The van der Waals surface area contributed by atoms with Gasteiger partial charge >= 0.3 is 0 Å². The summed E-state index contributed by atoms with van der Waals surface area (Å²) in [6.45, 7) is -0.133. The summed E-state index contributed by atoms with van der Waals surface area (Å²) in [5.41, 5.74) is 6.57. The van der Waals surface area contributed by atoms with Gasteiger partial charge in [-0.25, -0.2) is 0 Å². The number of hydrogen-bond acceptors (Lipinski definition) is 3. The Labute approximate surface area is 98.6 Å². The lowest BCUT2D eigenvalue weighted by Crippen LogP contribution is -2.33. The molecule has 0 bridgehead atoms. The molecule has 0 saturated heterocycles. The summed E-state index contributed by atoms with van der Waals surface area (Å²) in [7, 11) is 0. The molecule has 1 aromatic carbocycles. The van der Waals surface area contributed by atoms with Crippen LogP contribution in [0, 0.1) is 0 Å². The Morgan fingerprint density at radius 2 is 2.19 bits per heavy atom. The summed E-state index contributed by atoms with van der Waals surface area (Å²) < 4.78 is 0. The molecule has 0 aliphatic rings. The van der Waals surface area contributed by atoms with Gasteiger partial charge < -0.3 is 11.1 Å². The third-order valence-electron chi connectivity index (χ3n) is 1.92. The van der Waals surface area contributed by atoms with Crippen molar-refractivity contribution in [3.8, 4) is 0 Å². The van der Waals surface area contributed by atoms with Crippen LogP contribution in [0.3, 0.4) is 0 Å². The van der Waals surface area contributed by atoms with Gasteiger partial charge in [0, 0.05) is 11.3 Å². The van der Waals surface area contributed by atoms with E-state index >= 15 is 0 Å². The zero-order chi connectivity index (χ0) is 12.0. The van der Waals surface area contributed by atoms with Crippen molar-refractivity contribution in [2.24, 2.45) is 5.73 Å². The fourth-order valence-corrected chi connectivity index (χ4v) is 1.75. The van der Waals surface area contributed by atoms with Crippen LogP contribution in [0.5, 0.6) is 0 Å². The van der Waals surface area contributed by atoms with E-state index in [1.54, 1.807) is 17.8 Å². The average molecular weight is 238 g/mol. The van der Waals surface area contributed by atoms with Crippen LogP contribution < -0.4 is 11.1 Å². The largest absolute Gasteiger partial charge is 0.368 e. The van der Waals surface area contributed by atoms with E-state index in [0.29, 0.717) is 5.56 Å². The third-order valence-corrected chi connectivity index (χ3v) is 2.55. The Morgan fingerprint density at radius 3 is 2.81 bits per heavy atom. The van der Waals surface area contributed by atoms with Crippen LogP contribution in [0.1, 0.15) is 15.9 Å². The highest BCUT2D eigenvalue weighted by Crippen LogP contribution is 2.11. The summed E-state index contributed by atoms with van der Waals surface area (Å²) in [5.74, 6) is 0.0343. The SMILES string of the molecule is CSCc1cccc(C(=O)NCC(N)=O)c1. The van der Waals surface area contributed by atoms with Crippen molar-refractivity contribution in [3.05, 3.63) is 35.4 Å². The Hall–Kier alpha value is -1.49. The number of nitrogens with two attached hydrogens (primary N) is 1. The summed E-state index contributed by atoms with van der Waals surface area (Å²) in [6, 6.07) is 7.30. The lowest BCUT2D eigenvalue weighted by atomic mass is 10.1. The lowest BCUT2D eigenvalue weighted by molar-refractivity contribution is -0.117. The van der Waals surface area contributed by atoms with E-state index in [9.17, 15) is 9.59 Å². The molecule has 0 spiro atoms. The first kappa shape index (κ1) is 12.6. The van der Waals surface area contributed by atoms with Crippen molar-refractivity contribution < 1.29 is 9.59 Å². The number of carbonyl (C=O) groups is 2. The summed E-state index contributed by atoms with van der Waals surface area (Å²) >= 11 is 1.69. The van der Waals surface area contributed by atoms with Gasteiger partial charge in [0.1, 0.15) is 0 Å². The second-order valence-electron chi connectivity index (χ2n) is 3.28. The zero-order valence-electron chi connectivity index (χ0n) is 9.03. The van der Waals surface area contributed by atoms with Gasteiger partial charge in [-0.3, -0.25) is 9.59 Å². The second-order valence-corrected chi connectivity index (χ2v) is 4.15. The van der Waals surface area contributed by atoms with Crippen LogP contribution in [0.2, 0.25) is 0 Å². The topological polar surface area (TPSA) is 72.2 Å². The lowest BCUT2D eigenvalue weighted by Gasteiger charge is -2.04. The highest BCUT2D eigenvalue weighted by molar-refractivity contribution is 7.97. The van der Waals surface area contributed by atoms with Crippen molar-refractivity contribution in [3.63, 3.8) is 0 Å². The fourth-order valence-electron chi connectivity index (χ4n) is 1.24. The summed E-state index contributed by atoms with van der Waals surface area (Å²) in [6.07, 6.45) is 2.00. The minimum atomic E-state index is -0.548. The summed E-state index contributed by atoms with van der Waals surface area (Å²) in [4.78, 5) is 22.1. The molecule has 16 heavy (non-hydrogen) atoms. The number of rotatable bonds is 5. The predicted molar refractivity (Wildman–Crippen MR) is 65.2 cm³/mol. The number of nitrogens with one attached hydrogen (secondary N) is 1. The molecule has 1 aromatic rings. The van der Waals surface area contributed by atoms with E-state index in [0.717, 1.165) is 11.3 Å². The maximum Gasteiger partial charge on any atom is 0.251 e. The molecule has 0 heterocycles. The average Bonchev–Trinajstić information content (AvgIpc) is 2.26. The van der Waals surface area contributed by atoms with Gasteiger partial charge in [0.25, 0.3) is 5.91 Å². The molecule has 3 N–H and O–H groups in total. The third kappa shape index (κ3) is 3.94. The van der Waals surface area contributed by atoms with E-state index < -0.39 is 5.91 Å². The van der Waals surface area contributed by atoms with E-state index in [4.69, 9.17) is 5.73 Å². The number of thioether (sulfide) groups is 1. The van der Waals surface area contributed by atoms with E-state index in [2.05, 4.69) is 5.32 Å². The summed E-state index contributed by atoms with van der Waals surface area (Å²) in [5, 5.41) is 2.45. The quantitative estimate of drug-likeness (QED) is 0.795. The first-order valence-electron chi connectivity index (χ1n) is 4.78. The second kappa shape index (κ2) is 6.17. The molecule has 0 unspecified atom stereocenters. The van der Waals surface area contributed by atoms with Crippen molar-refractivity contribution >= 4 is 23.6 Å². The Balaban J connectivity index is 2.67. The number of carbonyl (C=O) groups excluding carboxylic acids is 2. The number of hydrogen-bond donors (Lipinski definition) is 2. The Bertz CT molecular complexity index is 393. The molecular weight excluding hydrogens is 224 g/mol. The predicted octanol–water partition coefficient (Wildman–Crippen LogP) is 0.765. The molecule has 0 aromatic heterocycles. The Kier molecular flexibility index (Phi) is 4.85. The van der Waals surface area contributed by atoms with Crippen LogP contribution in [0.15, 0.2) is 24.3 Å². The van der Waals surface area contributed by atoms with Crippen LogP contribution >= 0.6 is 11.8 Å². The molecule has 0 aliphatic carbocycles. The molecule has 5 heteroatoms. The number of benzene rings is 1. The molecular formula is C11H14N2O2S. The molecule has 0 aliphatic heterocycles. The van der Waals surface area contributed by atoms with Gasteiger partial charge in [-0.05, 0) is 24.0 Å². The van der Waals surface area contributed by atoms with E-state index in [1.165, 1.54) is 0 Å². The maximum absolute atomic E-state index is 11.6. The first-order valence-corrected chi connectivity index (χ1v) is 6.17. The van der Waals surface area contributed by atoms with Gasteiger partial charge in [-0.1, -0.05) is 12.1 Å². The smallest absolute Gasteiger partial charge is 0.251 e. The fraction of sp³-hybridized carbons (Fsp3) is 0.273. The Morgan fingerprint density at radius 1 is 1.44 bits per heavy atom. The van der Waals surface area contributed by atoms with Crippen LogP contribution in [-0.4, -0.2) is 24.6 Å². The molecule has 2 amide bonds. The number of primary amides is 1. The highest BCUT2D eigenvalue weighted by atomic mass is 32.2. The van der Waals surface area contributed by atoms with Gasteiger partial charge in [0.2, 0.25) is 5.91 Å². The normalized spacial score (nSPS) is 9.81. The maximum atomic E-state index is 11.6.